The average molecular weight is 1730 g/mol. The van der Waals surface area contributed by atoms with Crippen LogP contribution in [0.25, 0.3) is 517 Å². The van der Waals surface area contributed by atoms with Gasteiger partial charge < -0.3 is 0 Å². The van der Waals surface area contributed by atoms with Crippen molar-refractivity contribution in [1.82, 2.24) is 0 Å². The van der Waals surface area contributed by atoms with Crippen molar-refractivity contribution in [2.75, 3.05) is 0 Å². The first kappa shape index (κ1) is 60.6. The monoisotopic (exact) mass is 1720 g/mol. The van der Waals surface area contributed by atoms with E-state index in [4.69, 9.17) is 0 Å². The van der Waals surface area contributed by atoms with Crippen LogP contribution in [0.2, 0.25) is 0 Å². The van der Waals surface area contributed by atoms with Crippen LogP contribution < -0.4 is 0 Å². The van der Waals surface area contributed by atoms with Crippen molar-refractivity contribution in [1.29, 1.82) is 0 Å². The number of hydrogen-bond donors (Lipinski definition) is 0. The van der Waals surface area contributed by atoms with Crippen LogP contribution in [-0.2, 0) is 25.7 Å². The molecule has 48 aromatic rings. The van der Waals surface area contributed by atoms with E-state index < -0.39 is 0 Å². The number of benzene rings is 48. The summed E-state index contributed by atoms with van der Waals surface area (Å²) in [6.45, 7) is 0. The topological polar surface area (TPSA) is 0 Å². The van der Waals surface area contributed by atoms with Crippen molar-refractivity contribution >= 4 is 517 Å². The molecule has 0 fully saturated rings. The molecule has 0 aliphatic heterocycles. The number of rotatable bonds is 0. The first-order valence-corrected chi connectivity index (χ1v) is 51.3. The maximum Gasteiger partial charge on any atom is -0.0000476 e. The van der Waals surface area contributed by atoms with Crippen molar-refractivity contribution in [2.24, 2.45) is 0 Å². The SMILES string of the molecule is c1cc2c3ccc4c5ccc6c7c8c9c(c%10ccc%11c%12ccc%13c%14ccc%15c%16ccc%17c%18ccc%19c%20c%21c%22c(c1c1c2c2c%23c%24ccc%25c%26ccc%27c%28ccc%29c%30ccc%31c%32ccc%33c%34ccc%35c%36ccc%37c%38ccc%39c%40ccc%41c%42ccc%24c%24c%42c(c4c3c%242)c2c5c6c(c%40c%412)c8c%39c%38c9c2c%10c%11c(c%36c%372)c2c%12c%13c(c%34c%352)c2c%14c%15c(c%32c%332)c2c%16c%17c(c%30c%312)c2c%18c%19c(c%28c%292)c%21c%27c%26c%22c1c%25%23)CC%20)CC7. The fourth-order valence-corrected chi connectivity index (χ4v) is 39.7. The van der Waals surface area contributed by atoms with Crippen molar-refractivity contribution in [3.8, 4) is 0 Å². The van der Waals surface area contributed by atoms with Crippen molar-refractivity contribution < 1.29 is 0 Å². The van der Waals surface area contributed by atoms with Gasteiger partial charge in [0.25, 0.3) is 0 Å². The molecular weight excluding hydrogens is 1680 g/mol. The van der Waals surface area contributed by atoms with Gasteiger partial charge in [0, 0.05) is 0 Å². The van der Waals surface area contributed by atoms with Crippen LogP contribution >= 0.6 is 0 Å². The van der Waals surface area contributed by atoms with Crippen molar-refractivity contribution in [3.05, 3.63) is 241 Å². The molecular formula is C140H44. The lowest BCUT2D eigenvalue weighted by Crippen LogP contribution is -2.09. The summed E-state index contributed by atoms with van der Waals surface area (Å²) in [5.74, 6) is 0. The highest BCUT2D eigenvalue weighted by atomic mass is 14.5. The van der Waals surface area contributed by atoms with E-state index in [9.17, 15) is 0 Å². The molecule has 0 atom stereocenters. The van der Waals surface area contributed by atoms with Gasteiger partial charge in [-0.1, -0.05) is 218 Å². The third-order valence-electron chi connectivity index (χ3n) is 43.1. The zero-order valence-corrected chi connectivity index (χ0v) is 73.6. The predicted octanol–water partition coefficient (Wildman–Crippen LogP) is 39.8. The van der Waals surface area contributed by atoms with Crippen LogP contribution in [0.5, 0.6) is 0 Å². The Bertz CT molecular complexity index is 14100. The standard InChI is InChI=1S/C140H44/c1-2-42-44-5-6-47-51-13-15-59-63-25-27-67-71-33-35-75-79-39-37-77-73-31-29-69-65-23-21-60-56-11-9-48-45-4-3-43-41(1)81-82(42)122-88-50-8-7-46-49-10-12-53-54-17-18-58-61-22-24-66-70-30-32-74-78-38-40-80-76-36-34-72-68-28-26-64-62-20-19-57-55-16-14-52(50)91-93(55)126(87(47)84(44)124(91)122)128-95(51)99(59)130(100(62)98(57)128)132-103(63)107(67)134(108(68)104(64)132)136-111(71)115(75)138(116(76)112(72)136)140-119(79)117(77)139(118(78)120(80)140)137-113(73)109(69)135(110(70)114(74)137)133-105(65)101(60)131(102(61)106(66)133)129-96(56)92(48)127(94(54)97(58)129)125-85(45)83(43)123(89(49)90(53)125)121(81)86(46)88/h1-21,23,25,27,29-40H,22,24,26,28H2. The zero-order valence-electron chi connectivity index (χ0n) is 73.6. The summed E-state index contributed by atoms with van der Waals surface area (Å²) in [5.41, 5.74) is 6.23. The Kier molecular flexibility index (Phi) is 7.32. The second kappa shape index (κ2) is 16.9. The smallest absolute Gasteiger partial charge is 0.0000476 e. The Morgan fingerprint density at radius 1 is 0.0571 bits per heavy atom. The second-order valence-electron chi connectivity index (χ2n) is 46.3. The molecule has 0 saturated carbocycles. The molecule has 604 valence electrons. The van der Waals surface area contributed by atoms with E-state index in [-0.39, 0.29) is 0 Å². The van der Waals surface area contributed by atoms with Crippen molar-refractivity contribution in [3.63, 3.8) is 0 Å². The molecule has 0 unspecified atom stereocenters. The molecule has 140 heavy (non-hydrogen) atoms. The highest BCUT2D eigenvalue weighted by Crippen LogP contribution is 2.73. The minimum Gasteiger partial charge on any atom is -0.0534 e. The predicted molar refractivity (Wildman–Crippen MR) is 608 cm³/mol. The van der Waals surface area contributed by atoms with Gasteiger partial charge in [-0.05, 0) is 565 Å². The van der Waals surface area contributed by atoms with Crippen LogP contribution in [0.15, 0.2) is 218 Å². The highest BCUT2D eigenvalue weighted by Gasteiger charge is 2.45. The van der Waals surface area contributed by atoms with Gasteiger partial charge in [0.1, 0.15) is 0 Å². The van der Waals surface area contributed by atoms with Gasteiger partial charge in [0.2, 0.25) is 0 Å². The third kappa shape index (κ3) is 4.72. The lowest BCUT2D eigenvalue weighted by molar-refractivity contribution is 0.987. The molecule has 0 nitrogen and oxygen atoms in total. The number of fused-ring (bicyclic) bond motifs is 20. The van der Waals surface area contributed by atoms with E-state index in [1.165, 1.54) is 517 Å². The number of aryl methyl sites for hydroxylation is 4. The van der Waals surface area contributed by atoms with Gasteiger partial charge in [0.15, 0.2) is 0 Å². The maximum atomic E-state index is 2.68. The summed E-state index contributed by atoms with van der Waals surface area (Å²) in [6, 6.07) is 95.4. The molecule has 2 aliphatic rings. The molecule has 0 saturated heterocycles. The summed E-state index contributed by atoms with van der Waals surface area (Å²) in [7, 11) is 0. The van der Waals surface area contributed by atoms with E-state index in [1.54, 1.807) is 22.3 Å². The fraction of sp³-hybridized carbons (Fsp3) is 0.0286. The van der Waals surface area contributed by atoms with Gasteiger partial charge >= 0.3 is 0 Å². The molecule has 48 aromatic carbocycles. The Morgan fingerprint density at radius 2 is 0.114 bits per heavy atom. The highest BCUT2D eigenvalue weighted by molar-refractivity contribution is 6.73. The second-order valence-corrected chi connectivity index (χ2v) is 46.3. The fourth-order valence-electron chi connectivity index (χ4n) is 39.7. The Balaban J connectivity index is 0.717. The molecule has 50 rings (SSSR count). The van der Waals surface area contributed by atoms with Crippen LogP contribution in [0.4, 0.5) is 0 Å². The van der Waals surface area contributed by atoms with Gasteiger partial charge in [-0.3, -0.25) is 0 Å². The molecule has 0 amide bonds. The molecule has 0 heteroatoms. The van der Waals surface area contributed by atoms with Gasteiger partial charge in [0.05, 0.1) is 0 Å². The summed E-state index contributed by atoms with van der Waals surface area (Å²) >= 11 is 0. The molecule has 0 radical (unpaired) electrons. The van der Waals surface area contributed by atoms with Gasteiger partial charge in [-0.2, -0.15) is 0 Å². The molecule has 0 spiro atoms. The summed E-state index contributed by atoms with van der Waals surface area (Å²) < 4.78 is 0. The van der Waals surface area contributed by atoms with Gasteiger partial charge in [-0.15, -0.1) is 0 Å². The maximum absolute atomic E-state index is 2.68. The molecule has 0 bridgehead atoms. The normalized spacial score (nSPS) is 15.6. The molecule has 0 heterocycles. The zero-order chi connectivity index (χ0) is 86.0. The minimum absolute atomic E-state index is 0.978. The first-order valence-electron chi connectivity index (χ1n) is 51.3. The molecule has 0 N–H and O–H groups in total. The minimum atomic E-state index is 0.978. The lowest BCUT2D eigenvalue weighted by Gasteiger charge is -2.34. The van der Waals surface area contributed by atoms with E-state index >= 15 is 0 Å². The quantitative estimate of drug-likeness (QED) is 0.105. The van der Waals surface area contributed by atoms with Crippen LogP contribution in [0.3, 0.4) is 0 Å². The third-order valence-corrected chi connectivity index (χ3v) is 43.1. The van der Waals surface area contributed by atoms with Crippen molar-refractivity contribution in [2.45, 2.75) is 25.7 Å². The van der Waals surface area contributed by atoms with E-state index in [0.717, 1.165) is 25.7 Å². The van der Waals surface area contributed by atoms with Gasteiger partial charge in [-0.25, -0.2) is 0 Å². The Hall–Kier alpha value is -17.7. The largest absolute Gasteiger partial charge is 0.0534 e. The number of hydrogen-bond acceptors (Lipinski definition) is 0. The molecule has 0 aromatic heterocycles. The van der Waals surface area contributed by atoms with Crippen LogP contribution in [0, 0.1) is 0 Å². The van der Waals surface area contributed by atoms with Crippen LogP contribution in [0.1, 0.15) is 22.3 Å². The van der Waals surface area contributed by atoms with Crippen LogP contribution in [-0.4, -0.2) is 0 Å². The van der Waals surface area contributed by atoms with E-state index in [2.05, 4.69) is 218 Å². The Labute approximate surface area is 777 Å². The summed E-state index contributed by atoms with van der Waals surface area (Å²) in [5, 5.41) is 139. The summed E-state index contributed by atoms with van der Waals surface area (Å²) in [4.78, 5) is 0. The Morgan fingerprint density at radius 3 is 0.193 bits per heavy atom. The first-order chi connectivity index (χ1) is 69.7. The molecule has 2 aliphatic carbocycles. The lowest BCUT2D eigenvalue weighted by atomic mass is 9.68. The van der Waals surface area contributed by atoms with E-state index in [0.29, 0.717) is 0 Å². The van der Waals surface area contributed by atoms with E-state index in [1.807, 2.05) is 0 Å². The summed E-state index contributed by atoms with van der Waals surface area (Å²) in [6.07, 6.45) is 3.91. The average Bonchev–Trinajstić information content (AvgIpc) is 0.628.